The highest BCUT2D eigenvalue weighted by Gasteiger charge is 1.83. The number of aliphatic carboxylic acids is 1. The normalized spacial score (nSPS) is 7.58. The summed E-state index contributed by atoms with van der Waals surface area (Å²) in [4.78, 5) is 13.0. The first-order valence-corrected chi connectivity index (χ1v) is 3.17. The minimum absolute atomic E-state index is 0. The SMILES string of the molecule is CC(=O)O.Cc1nccn1C.N. The average Bonchev–Trinajstić information content (AvgIpc) is 2.15. The molecule has 4 N–H and O–H groups in total. The van der Waals surface area contributed by atoms with Gasteiger partial charge in [-0.1, -0.05) is 0 Å². The van der Waals surface area contributed by atoms with Gasteiger partial charge < -0.3 is 15.8 Å². The van der Waals surface area contributed by atoms with Gasteiger partial charge in [0.05, 0.1) is 0 Å². The summed E-state index contributed by atoms with van der Waals surface area (Å²) in [6, 6.07) is 0. The largest absolute Gasteiger partial charge is 0.481 e. The predicted molar refractivity (Wildman–Crippen MR) is 46.3 cm³/mol. The number of aryl methyl sites for hydroxylation is 2. The Morgan fingerprint density at radius 2 is 2.08 bits per heavy atom. The number of imidazole rings is 1. The molecule has 1 aromatic heterocycles. The van der Waals surface area contributed by atoms with Crippen molar-refractivity contribution in [2.75, 3.05) is 0 Å². The van der Waals surface area contributed by atoms with Crippen LogP contribution in [0.5, 0.6) is 0 Å². The van der Waals surface area contributed by atoms with E-state index in [4.69, 9.17) is 9.90 Å². The highest BCUT2D eigenvalue weighted by Crippen LogP contribution is 1.86. The van der Waals surface area contributed by atoms with Crippen molar-refractivity contribution in [3.05, 3.63) is 18.2 Å². The lowest BCUT2D eigenvalue weighted by molar-refractivity contribution is -0.134. The summed E-state index contributed by atoms with van der Waals surface area (Å²) < 4.78 is 1.97. The van der Waals surface area contributed by atoms with Gasteiger partial charge in [-0.25, -0.2) is 4.98 Å². The molecule has 5 heteroatoms. The molecule has 0 amide bonds. The highest BCUT2D eigenvalue weighted by atomic mass is 16.4. The first-order chi connectivity index (χ1) is 5.04. The molecule has 12 heavy (non-hydrogen) atoms. The van der Waals surface area contributed by atoms with Crippen LogP contribution in [-0.2, 0) is 11.8 Å². The number of carboxylic acids is 1. The first-order valence-electron chi connectivity index (χ1n) is 3.17. The summed E-state index contributed by atoms with van der Waals surface area (Å²) in [7, 11) is 1.97. The summed E-state index contributed by atoms with van der Waals surface area (Å²) in [5, 5.41) is 7.42. The number of aromatic nitrogens is 2. The van der Waals surface area contributed by atoms with E-state index in [1.54, 1.807) is 6.20 Å². The van der Waals surface area contributed by atoms with Crippen molar-refractivity contribution in [1.29, 1.82) is 0 Å². The van der Waals surface area contributed by atoms with Gasteiger partial charge in [-0.3, -0.25) is 4.79 Å². The van der Waals surface area contributed by atoms with Crippen molar-refractivity contribution in [3.8, 4) is 0 Å². The number of hydrogen-bond donors (Lipinski definition) is 2. The summed E-state index contributed by atoms with van der Waals surface area (Å²) >= 11 is 0. The molecule has 5 nitrogen and oxygen atoms in total. The Bertz CT molecular complexity index is 212. The molecule has 0 spiro atoms. The van der Waals surface area contributed by atoms with Crippen LogP contribution < -0.4 is 6.15 Å². The van der Waals surface area contributed by atoms with Crippen LogP contribution >= 0.6 is 0 Å². The Hall–Kier alpha value is -1.36. The zero-order valence-electron chi connectivity index (χ0n) is 7.61. The molecule has 0 atom stereocenters. The molecule has 1 rings (SSSR count). The maximum absolute atomic E-state index is 9.00. The monoisotopic (exact) mass is 173 g/mol. The van der Waals surface area contributed by atoms with Crippen LogP contribution in [0.3, 0.4) is 0 Å². The third kappa shape index (κ3) is 6.76. The topological polar surface area (TPSA) is 90.1 Å². The van der Waals surface area contributed by atoms with Gasteiger partial charge in [-0.15, -0.1) is 0 Å². The zero-order valence-corrected chi connectivity index (χ0v) is 7.61. The zero-order chi connectivity index (χ0) is 8.85. The lowest BCUT2D eigenvalue weighted by atomic mass is 10.7. The standard InChI is InChI=1S/C5H8N2.C2H4O2.H3N/c1-5-6-3-4-7(5)2;1-2(3)4;/h3-4H,1-2H3;1H3,(H,3,4);1H3. The average molecular weight is 173 g/mol. The van der Waals surface area contributed by atoms with E-state index in [0.29, 0.717) is 0 Å². The van der Waals surface area contributed by atoms with Gasteiger partial charge in [0.2, 0.25) is 0 Å². The number of carbonyl (C=O) groups is 1. The maximum Gasteiger partial charge on any atom is 0.300 e. The highest BCUT2D eigenvalue weighted by molar-refractivity contribution is 5.62. The minimum Gasteiger partial charge on any atom is -0.481 e. The second kappa shape index (κ2) is 6.36. The van der Waals surface area contributed by atoms with Crippen LogP contribution in [0.4, 0.5) is 0 Å². The number of carboxylic acid groups (broad SMARTS) is 1. The van der Waals surface area contributed by atoms with Crippen LogP contribution in [0.25, 0.3) is 0 Å². The van der Waals surface area contributed by atoms with Crippen LogP contribution in [0.1, 0.15) is 12.7 Å². The fourth-order valence-corrected chi connectivity index (χ4v) is 0.440. The van der Waals surface area contributed by atoms with E-state index < -0.39 is 5.97 Å². The van der Waals surface area contributed by atoms with E-state index in [2.05, 4.69) is 4.98 Å². The van der Waals surface area contributed by atoms with Gasteiger partial charge in [0.1, 0.15) is 5.82 Å². The van der Waals surface area contributed by atoms with Crippen molar-refractivity contribution in [3.63, 3.8) is 0 Å². The number of nitrogens with zero attached hydrogens (tertiary/aromatic N) is 2. The van der Waals surface area contributed by atoms with Gasteiger partial charge in [-0.2, -0.15) is 0 Å². The molecule has 0 radical (unpaired) electrons. The third-order valence-corrected chi connectivity index (χ3v) is 1.06. The molecule has 0 aliphatic rings. The Morgan fingerprint density at radius 3 is 2.17 bits per heavy atom. The van der Waals surface area contributed by atoms with E-state index in [0.717, 1.165) is 12.7 Å². The van der Waals surface area contributed by atoms with Gasteiger partial charge in [0, 0.05) is 26.4 Å². The summed E-state index contributed by atoms with van der Waals surface area (Å²) in [5.41, 5.74) is 0. The molecule has 70 valence electrons. The first kappa shape index (κ1) is 13.2. The fraction of sp³-hybridized carbons (Fsp3) is 0.429. The number of hydrogen-bond acceptors (Lipinski definition) is 3. The molecule has 0 saturated carbocycles. The summed E-state index contributed by atoms with van der Waals surface area (Å²) in [6.45, 7) is 3.06. The Morgan fingerprint density at radius 1 is 1.67 bits per heavy atom. The van der Waals surface area contributed by atoms with Gasteiger partial charge in [-0.05, 0) is 6.92 Å². The van der Waals surface area contributed by atoms with E-state index >= 15 is 0 Å². The Balaban J connectivity index is 0. The fourth-order valence-electron chi connectivity index (χ4n) is 0.440. The Labute approximate surface area is 71.6 Å². The molecular formula is C7H15N3O2. The number of rotatable bonds is 0. The summed E-state index contributed by atoms with van der Waals surface area (Å²) in [5.74, 6) is 0.222. The van der Waals surface area contributed by atoms with Crippen molar-refractivity contribution in [2.45, 2.75) is 13.8 Å². The molecule has 1 heterocycles. The van der Waals surface area contributed by atoms with Crippen molar-refractivity contribution < 1.29 is 9.90 Å². The molecule has 0 aliphatic heterocycles. The molecule has 0 saturated heterocycles. The van der Waals surface area contributed by atoms with Gasteiger partial charge in [0.15, 0.2) is 0 Å². The van der Waals surface area contributed by atoms with E-state index in [-0.39, 0.29) is 6.15 Å². The van der Waals surface area contributed by atoms with Crippen LogP contribution in [-0.4, -0.2) is 20.6 Å². The van der Waals surface area contributed by atoms with Crippen molar-refractivity contribution >= 4 is 5.97 Å². The molecular weight excluding hydrogens is 158 g/mol. The third-order valence-electron chi connectivity index (χ3n) is 1.06. The van der Waals surface area contributed by atoms with Crippen LogP contribution in [0, 0.1) is 6.92 Å². The lowest BCUT2D eigenvalue weighted by Gasteiger charge is -1.87. The van der Waals surface area contributed by atoms with Crippen LogP contribution in [0.15, 0.2) is 12.4 Å². The van der Waals surface area contributed by atoms with Gasteiger partial charge in [0.25, 0.3) is 5.97 Å². The Kier molecular flexibility index (Phi) is 7.02. The molecule has 1 aromatic rings. The molecule has 0 aromatic carbocycles. The van der Waals surface area contributed by atoms with Crippen molar-refractivity contribution in [1.82, 2.24) is 15.7 Å². The van der Waals surface area contributed by atoms with E-state index in [9.17, 15) is 0 Å². The van der Waals surface area contributed by atoms with Crippen molar-refractivity contribution in [2.24, 2.45) is 7.05 Å². The van der Waals surface area contributed by atoms with E-state index in [1.165, 1.54) is 0 Å². The van der Waals surface area contributed by atoms with Gasteiger partial charge >= 0.3 is 0 Å². The smallest absolute Gasteiger partial charge is 0.300 e. The quantitative estimate of drug-likeness (QED) is 0.611. The van der Waals surface area contributed by atoms with Crippen LogP contribution in [0.2, 0.25) is 0 Å². The van der Waals surface area contributed by atoms with E-state index in [1.807, 2.05) is 24.7 Å². The predicted octanol–water partition coefficient (Wildman–Crippen LogP) is 0.981. The molecule has 0 fully saturated rings. The molecule has 0 aliphatic carbocycles. The second-order valence-electron chi connectivity index (χ2n) is 2.10. The molecule has 0 bridgehead atoms. The summed E-state index contributed by atoms with van der Waals surface area (Å²) in [6.07, 6.45) is 3.71. The second-order valence-corrected chi connectivity index (χ2v) is 2.10. The maximum atomic E-state index is 9.00. The minimum atomic E-state index is -0.833. The lowest BCUT2D eigenvalue weighted by Crippen LogP contribution is -1.86. The molecule has 0 unspecified atom stereocenters.